The zero-order valence-electron chi connectivity index (χ0n) is 11.6. The Morgan fingerprint density at radius 2 is 2.10 bits per heavy atom. The van der Waals surface area contributed by atoms with E-state index in [1.807, 2.05) is 6.92 Å². The predicted octanol–water partition coefficient (Wildman–Crippen LogP) is 3.02. The molecular weight excluding hydrogens is 398 g/mol. The van der Waals surface area contributed by atoms with E-state index in [1.54, 1.807) is 0 Å². The molecule has 3 N–H and O–H groups in total. The molecule has 0 aliphatic rings. The number of hydrogen-bond donors (Lipinski definition) is 2. The topological polar surface area (TPSA) is 59.6 Å². The lowest BCUT2D eigenvalue weighted by Crippen LogP contribution is -2.34. The van der Waals surface area contributed by atoms with Crippen molar-refractivity contribution in [2.45, 2.75) is 19.5 Å². The Bertz CT molecular complexity index is 453. The molecule has 0 radical (unpaired) electrons. The van der Waals surface area contributed by atoms with E-state index >= 15 is 0 Å². The quantitative estimate of drug-likeness (QED) is 0.324. The molecule has 0 heterocycles. The summed E-state index contributed by atoms with van der Waals surface area (Å²) in [7, 11) is 0. The summed E-state index contributed by atoms with van der Waals surface area (Å²) in [5.74, 6) is 0.477. The second-order valence-electron chi connectivity index (χ2n) is 4.07. The van der Waals surface area contributed by atoms with Gasteiger partial charge < -0.3 is 15.8 Å². The molecule has 0 atom stereocenters. The molecule has 1 rings (SSSR count). The van der Waals surface area contributed by atoms with Gasteiger partial charge in [0.1, 0.15) is 12.4 Å². The molecule has 4 nitrogen and oxygen atoms in total. The van der Waals surface area contributed by atoms with Gasteiger partial charge in [0.15, 0.2) is 5.96 Å². The normalized spacial score (nSPS) is 11.7. The fourth-order valence-electron chi connectivity index (χ4n) is 1.40. The number of ether oxygens (including phenoxy) is 1. The number of hydrogen-bond acceptors (Lipinski definition) is 2. The Kier molecular flexibility index (Phi) is 9.14. The second kappa shape index (κ2) is 9.69. The highest BCUT2D eigenvalue weighted by atomic mass is 127. The van der Waals surface area contributed by atoms with Crippen LogP contribution in [0.3, 0.4) is 0 Å². The Morgan fingerprint density at radius 3 is 2.71 bits per heavy atom. The first-order chi connectivity index (χ1) is 9.43. The lowest BCUT2D eigenvalue weighted by atomic mass is 10.2. The minimum atomic E-state index is -4.37. The number of halogens is 4. The van der Waals surface area contributed by atoms with Crippen LogP contribution in [0.5, 0.6) is 5.75 Å². The van der Waals surface area contributed by atoms with Gasteiger partial charge in [0.25, 0.3) is 0 Å². The van der Waals surface area contributed by atoms with E-state index in [4.69, 9.17) is 10.5 Å². The standard InChI is InChI=1S/C13H18F3N3O.HI/c1-2-6-18-12(17)19-7-8-20-11-5-3-4-10(9-11)13(14,15)16;/h3-5,9H,2,6-8H2,1H3,(H3,17,18,19);1H. The van der Waals surface area contributed by atoms with E-state index in [0.717, 1.165) is 18.6 Å². The van der Waals surface area contributed by atoms with Gasteiger partial charge in [0.2, 0.25) is 0 Å². The first-order valence-electron chi connectivity index (χ1n) is 6.27. The number of guanidine groups is 1. The van der Waals surface area contributed by atoms with Gasteiger partial charge in [-0.15, -0.1) is 24.0 Å². The van der Waals surface area contributed by atoms with Crippen molar-refractivity contribution >= 4 is 29.9 Å². The maximum Gasteiger partial charge on any atom is 0.416 e. The summed E-state index contributed by atoms with van der Waals surface area (Å²) in [6, 6.07) is 4.75. The zero-order valence-corrected chi connectivity index (χ0v) is 13.9. The molecular formula is C13H19F3IN3O. The fraction of sp³-hybridized carbons (Fsp3) is 0.462. The molecule has 1 aromatic rings. The van der Waals surface area contributed by atoms with Crippen LogP contribution >= 0.6 is 24.0 Å². The SMILES string of the molecule is CCCN=C(N)NCCOc1cccc(C(F)(F)F)c1.I. The van der Waals surface area contributed by atoms with Crippen molar-refractivity contribution in [2.24, 2.45) is 10.7 Å². The average Bonchev–Trinajstić information content (AvgIpc) is 2.41. The summed E-state index contributed by atoms with van der Waals surface area (Å²) in [5.41, 5.74) is 4.83. The Morgan fingerprint density at radius 1 is 1.38 bits per heavy atom. The van der Waals surface area contributed by atoms with Gasteiger partial charge in [-0.2, -0.15) is 13.2 Å². The number of rotatable bonds is 6. The molecule has 1 aromatic carbocycles. The van der Waals surface area contributed by atoms with E-state index in [-0.39, 0.29) is 36.3 Å². The van der Waals surface area contributed by atoms with Crippen molar-refractivity contribution in [3.05, 3.63) is 29.8 Å². The lowest BCUT2D eigenvalue weighted by molar-refractivity contribution is -0.137. The van der Waals surface area contributed by atoms with Crippen LogP contribution in [0.1, 0.15) is 18.9 Å². The predicted molar refractivity (Wildman–Crippen MR) is 87.1 cm³/mol. The van der Waals surface area contributed by atoms with Crippen LogP contribution in [0.4, 0.5) is 13.2 Å². The van der Waals surface area contributed by atoms with Gasteiger partial charge in [-0.1, -0.05) is 13.0 Å². The largest absolute Gasteiger partial charge is 0.492 e. The second-order valence-corrected chi connectivity index (χ2v) is 4.07. The van der Waals surface area contributed by atoms with Crippen molar-refractivity contribution < 1.29 is 17.9 Å². The number of alkyl halides is 3. The van der Waals surface area contributed by atoms with Crippen molar-refractivity contribution in [3.8, 4) is 5.75 Å². The summed E-state index contributed by atoms with van der Waals surface area (Å²) < 4.78 is 42.7. The van der Waals surface area contributed by atoms with Gasteiger partial charge >= 0.3 is 6.18 Å². The van der Waals surface area contributed by atoms with Crippen LogP contribution in [0, 0.1) is 0 Å². The van der Waals surface area contributed by atoms with E-state index in [9.17, 15) is 13.2 Å². The van der Waals surface area contributed by atoms with Crippen LogP contribution in [0.15, 0.2) is 29.3 Å². The minimum Gasteiger partial charge on any atom is -0.492 e. The number of aliphatic imine (C=N–C) groups is 1. The highest BCUT2D eigenvalue weighted by molar-refractivity contribution is 14.0. The van der Waals surface area contributed by atoms with Gasteiger partial charge in [0.05, 0.1) is 12.1 Å². The zero-order chi connectivity index (χ0) is 15.0. The third-order valence-corrected chi connectivity index (χ3v) is 2.34. The van der Waals surface area contributed by atoms with Crippen LogP contribution in [0.2, 0.25) is 0 Å². The monoisotopic (exact) mass is 417 g/mol. The van der Waals surface area contributed by atoms with Crippen molar-refractivity contribution in [1.29, 1.82) is 0 Å². The lowest BCUT2D eigenvalue weighted by Gasteiger charge is -2.11. The van der Waals surface area contributed by atoms with Crippen LogP contribution in [-0.2, 0) is 6.18 Å². The first kappa shape index (κ1) is 19.8. The van der Waals surface area contributed by atoms with E-state index in [2.05, 4.69) is 10.3 Å². The van der Waals surface area contributed by atoms with Gasteiger partial charge in [-0.05, 0) is 24.6 Å². The van der Waals surface area contributed by atoms with Crippen molar-refractivity contribution in [2.75, 3.05) is 19.7 Å². The van der Waals surface area contributed by atoms with Gasteiger partial charge in [-0.25, -0.2) is 0 Å². The third kappa shape index (κ3) is 7.98. The summed E-state index contributed by atoms with van der Waals surface area (Å²) in [4.78, 5) is 4.01. The van der Waals surface area contributed by atoms with E-state index in [0.29, 0.717) is 19.0 Å². The average molecular weight is 417 g/mol. The summed E-state index contributed by atoms with van der Waals surface area (Å²) in [5, 5.41) is 2.81. The molecule has 0 unspecified atom stereocenters. The number of nitrogens with one attached hydrogen (secondary N) is 1. The molecule has 0 aliphatic carbocycles. The summed E-state index contributed by atoms with van der Waals surface area (Å²) in [6.45, 7) is 3.18. The van der Waals surface area contributed by atoms with Gasteiger partial charge in [-0.3, -0.25) is 4.99 Å². The molecule has 0 spiro atoms. The highest BCUT2D eigenvalue weighted by Crippen LogP contribution is 2.31. The maximum absolute atomic E-state index is 12.5. The number of benzene rings is 1. The Hall–Kier alpha value is -1.19. The molecule has 0 bridgehead atoms. The van der Waals surface area contributed by atoms with Gasteiger partial charge in [0, 0.05) is 6.54 Å². The van der Waals surface area contributed by atoms with Crippen molar-refractivity contribution in [3.63, 3.8) is 0 Å². The summed E-state index contributed by atoms with van der Waals surface area (Å²) in [6.07, 6.45) is -3.47. The molecule has 0 aliphatic heterocycles. The number of nitrogens with zero attached hydrogens (tertiary/aromatic N) is 1. The molecule has 0 amide bonds. The third-order valence-electron chi connectivity index (χ3n) is 2.34. The van der Waals surface area contributed by atoms with Crippen LogP contribution in [0.25, 0.3) is 0 Å². The summed E-state index contributed by atoms with van der Waals surface area (Å²) >= 11 is 0. The molecule has 8 heteroatoms. The van der Waals surface area contributed by atoms with Crippen molar-refractivity contribution in [1.82, 2.24) is 5.32 Å². The first-order valence-corrected chi connectivity index (χ1v) is 6.27. The Labute approximate surface area is 139 Å². The number of nitrogens with two attached hydrogens (primary N) is 1. The Balaban J connectivity index is 0.00000400. The maximum atomic E-state index is 12.5. The molecule has 120 valence electrons. The molecule has 0 aromatic heterocycles. The fourth-order valence-corrected chi connectivity index (χ4v) is 1.40. The molecule has 0 fully saturated rings. The highest BCUT2D eigenvalue weighted by Gasteiger charge is 2.30. The minimum absolute atomic E-state index is 0. The molecule has 0 saturated carbocycles. The molecule has 0 saturated heterocycles. The van der Waals surface area contributed by atoms with Crippen LogP contribution in [-0.4, -0.2) is 25.7 Å². The molecule has 21 heavy (non-hydrogen) atoms. The van der Waals surface area contributed by atoms with Crippen LogP contribution < -0.4 is 15.8 Å². The smallest absolute Gasteiger partial charge is 0.416 e. The van der Waals surface area contributed by atoms with E-state index in [1.165, 1.54) is 12.1 Å². The van der Waals surface area contributed by atoms with E-state index < -0.39 is 11.7 Å².